The number of hydrogen-bond donors (Lipinski definition) is 1. The molecule has 0 bridgehead atoms. The van der Waals surface area contributed by atoms with Crippen LogP contribution in [0, 0.1) is 0 Å². The van der Waals surface area contributed by atoms with Crippen LogP contribution >= 0.6 is 11.3 Å². The minimum Gasteiger partial charge on any atom is -0.465 e. The van der Waals surface area contributed by atoms with Gasteiger partial charge in [0.15, 0.2) is 18.6 Å². The zero-order chi connectivity index (χ0) is 20.4. The van der Waals surface area contributed by atoms with Crippen molar-refractivity contribution in [2.75, 3.05) is 19.0 Å². The summed E-state index contributed by atoms with van der Waals surface area (Å²) in [6.45, 7) is -0.473. The highest BCUT2D eigenvalue weighted by Crippen LogP contribution is 2.38. The van der Waals surface area contributed by atoms with E-state index >= 15 is 0 Å². The van der Waals surface area contributed by atoms with Gasteiger partial charge in [0, 0.05) is 4.88 Å². The van der Waals surface area contributed by atoms with Crippen molar-refractivity contribution in [3.63, 3.8) is 0 Å². The minimum atomic E-state index is -0.649. The highest BCUT2D eigenvalue weighted by atomic mass is 32.1. The van der Waals surface area contributed by atoms with E-state index in [2.05, 4.69) is 10.3 Å². The van der Waals surface area contributed by atoms with Crippen LogP contribution in [0.2, 0.25) is 0 Å². The van der Waals surface area contributed by atoms with Gasteiger partial charge >= 0.3 is 11.9 Å². The number of nitrogens with zero attached hydrogens (tertiary/aromatic N) is 1. The van der Waals surface area contributed by atoms with Crippen molar-refractivity contribution in [2.45, 2.75) is 25.7 Å². The first-order chi connectivity index (χ1) is 14.1. The maximum atomic E-state index is 12.3. The van der Waals surface area contributed by atoms with Gasteiger partial charge in [0.1, 0.15) is 10.5 Å². The molecule has 0 atom stereocenters. The van der Waals surface area contributed by atoms with E-state index in [1.807, 2.05) is 0 Å². The number of amides is 1. The zero-order valence-electron chi connectivity index (χ0n) is 15.6. The van der Waals surface area contributed by atoms with E-state index in [0.717, 1.165) is 36.1 Å². The second-order valence-electron chi connectivity index (χ2n) is 6.57. The van der Waals surface area contributed by atoms with Crippen molar-refractivity contribution in [1.29, 1.82) is 0 Å². The van der Waals surface area contributed by atoms with Gasteiger partial charge in [-0.2, -0.15) is 0 Å². The number of oxazole rings is 1. The van der Waals surface area contributed by atoms with E-state index in [9.17, 15) is 14.4 Å². The standard InChI is InChI=1S/C20H18N2O6S/c1-26-20(25)17-12-4-2-3-5-15(12)29-18(17)22-16(23)9-27-19(24)11-6-7-14-13(8-11)21-10-28-14/h6-8,10H,2-5,9H2,1H3,(H,22,23). The summed E-state index contributed by atoms with van der Waals surface area (Å²) < 4.78 is 15.1. The molecule has 0 radical (unpaired) electrons. The largest absolute Gasteiger partial charge is 0.465 e. The quantitative estimate of drug-likeness (QED) is 0.638. The summed E-state index contributed by atoms with van der Waals surface area (Å²) in [7, 11) is 1.31. The van der Waals surface area contributed by atoms with Crippen molar-refractivity contribution in [2.24, 2.45) is 0 Å². The SMILES string of the molecule is COC(=O)c1c(NC(=O)COC(=O)c2ccc3ocnc3c2)sc2c1CCCC2. The molecule has 0 spiro atoms. The first kappa shape index (κ1) is 19.1. The topological polar surface area (TPSA) is 108 Å². The smallest absolute Gasteiger partial charge is 0.341 e. The van der Waals surface area contributed by atoms with Gasteiger partial charge in [-0.05, 0) is 49.4 Å². The molecule has 1 aliphatic rings. The predicted octanol–water partition coefficient (Wildman–Crippen LogP) is 3.35. The second kappa shape index (κ2) is 8.04. The van der Waals surface area contributed by atoms with E-state index < -0.39 is 24.5 Å². The number of carbonyl (C=O) groups excluding carboxylic acids is 3. The third-order valence-corrected chi connectivity index (χ3v) is 5.92. The van der Waals surface area contributed by atoms with Gasteiger partial charge in [-0.1, -0.05) is 0 Å². The second-order valence-corrected chi connectivity index (χ2v) is 7.67. The molecule has 29 heavy (non-hydrogen) atoms. The lowest BCUT2D eigenvalue weighted by atomic mass is 9.95. The third kappa shape index (κ3) is 3.86. The Labute approximate surface area is 169 Å². The molecular formula is C20H18N2O6S. The van der Waals surface area contributed by atoms with E-state index in [1.54, 1.807) is 6.07 Å². The first-order valence-corrected chi connectivity index (χ1v) is 9.91. The number of nitrogens with one attached hydrogen (secondary N) is 1. The molecule has 1 aromatic carbocycles. The van der Waals surface area contributed by atoms with Crippen LogP contribution in [0.5, 0.6) is 0 Å². The van der Waals surface area contributed by atoms with E-state index in [0.29, 0.717) is 21.7 Å². The predicted molar refractivity (Wildman–Crippen MR) is 105 cm³/mol. The van der Waals surface area contributed by atoms with Crippen molar-refractivity contribution < 1.29 is 28.3 Å². The number of esters is 2. The van der Waals surface area contributed by atoms with Gasteiger partial charge in [0.25, 0.3) is 5.91 Å². The van der Waals surface area contributed by atoms with Crippen LogP contribution in [0.25, 0.3) is 11.1 Å². The Morgan fingerprint density at radius 3 is 2.86 bits per heavy atom. The van der Waals surface area contributed by atoms with Gasteiger partial charge in [0.2, 0.25) is 0 Å². The minimum absolute atomic E-state index is 0.265. The molecule has 0 saturated heterocycles. The molecule has 2 aromatic heterocycles. The van der Waals surface area contributed by atoms with Crippen LogP contribution in [-0.2, 0) is 27.1 Å². The molecule has 0 saturated carbocycles. The fourth-order valence-electron chi connectivity index (χ4n) is 3.33. The summed E-state index contributed by atoms with van der Waals surface area (Å²) in [6, 6.07) is 4.68. The summed E-state index contributed by atoms with van der Waals surface area (Å²) in [5.41, 5.74) is 2.69. The van der Waals surface area contributed by atoms with Crippen LogP contribution in [-0.4, -0.2) is 36.5 Å². The Hall–Kier alpha value is -3.20. The Kier molecular flexibility index (Phi) is 5.30. The van der Waals surface area contributed by atoms with Crippen LogP contribution in [0.15, 0.2) is 29.0 Å². The van der Waals surface area contributed by atoms with Crippen LogP contribution in [0.4, 0.5) is 5.00 Å². The lowest BCUT2D eigenvalue weighted by Crippen LogP contribution is -2.21. The van der Waals surface area contributed by atoms with Gasteiger partial charge in [-0.3, -0.25) is 4.79 Å². The van der Waals surface area contributed by atoms with Crippen molar-refractivity contribution >= 4 is 45.3 Å². The molecule has 4 rings (SSSR count). The average molecular weight is 414 g/mol. The summed E-state index contributed by atoms with van der Waals surface area (Å²) >= 11 is 1.38. The monoisotopic (exact) mass is 414 g/mol. The molecule has 0 fully saturated rings. The number of ether oxygens (including phenoxy) is 2. The molecule has 3 aromatic rings. The third-order valence-electron chi connectivity index (χ3n) is 4.71. The first-order valence-electron chi connectivity index (χ1n) is 9.10. The zero-order valence-corrected chi connectivity index (χ0v) is 16.5. The molecule has 0 unspecified atom stereocenters. The summed E-state index contributed by atoms with van der Waals surface area (Å²) in [5, 5.41) is 3.13. The Bertz CT molecular complexity index is 1100. The van der Waals surface area contributed by atoms with Crippen molar-refractivity contribution in [1.82, 2.24) is 4.98 Å². The van der Waals surface area contributed by atoms with E-state index in [1.165, 1.54) is 37.0 Å². The van der Waals surface area contributed by atoms with Crippen molar-refractivity contribution in [3.8, 4) is 0 Å². The van der Waals surface area contributed by atoms with Gasteiger partial charge in [-0.25, -0.2) is 14.6 Å². The number of aromatic nitrogens is 1. The fourth-order valence-corrected chi connectivity index (χ4v) is 4.63. The highest BCUT2D eigenvalue weighted by Gasteiger charge is 2.27. The van der Waals surface area contributed by atoms with E-state index in [4.69, 9.17) is 13.9 Å². The summed E-state index contributed by atoms with van der Waals surface area (Å²) in [4.78, 5) is 41.8. The lowest BCUT2D eigenvalue weighted by Gasteiger charge is -2.11. The summed E-state index contributed by atoms with van der Waals surface area (Å²) in [5.74, 6) is -1.65. The van der Waals surface area contributed by atoms with Gasteiger partial charge < -0.3 is 19.2 Å². The average Bonchev–Trinajstić information content (AvgIpc) is 3.34. The number of carbonyl (C=O) groups is 3. The molecule has 1 amide bonds. The van der Waals surface area contributed by atoms with Crippen LogP contribution in [0.1, 0.15) is 44.0 Å². The Morgan fingerprint density at radius 2 is 2.03 bits per heavy atom. The van der Waals surface area contributed by atoms with Crippen molar-refractivity contribution in [3.05, 3.63) is 46.2 Å². The molecule has 8 nitrogen and oxygen atoms in total. The lowest BCUT2D eigenvalue weighted by molar-refractivity contribution is -0.119. The normalized spacial score (nSPS) is 13.0. The molecular weight excluding hydrogens is 396 g/mol. The number of hydrogen-bond acceptors (Lipinski definition) is 8. The van der Waals surface area contributed by atoms with Gasteiger partial charge in [0.05, 0.1) is 18.2 Å². The van der Waals surface area contributed by atoms with E-state index in [-0.39, 0.29) is 5.56 Å². The van der Waals surface area contributed by atoms with Gasteiger partial charge in [-0.15, -0.1) is 11.3 Å². The van der Waals surface area contributed by atoms with Crippen LogP contribution in [0.3, 0.4) is 0 Å². The number of methoxy groups -OCH3 is 1. The number of anilines is 1. The molecule has 1 N–H and O–H groups in total. The Balaban J connectivity index is 1.43. The Morgan fingerprint density at radius 1 is 1.21 bits per heavy atom. The fraction of sp³-hybridized carbons (Fsp3) is 0.300. The molecule has 150 valence electrons. The number of fused-ring (bicyclic) bond motifs is 2. The molecule has 1 aliphatic carbocycles. The maximum absolute atomic E-state index is 12.3. The number of aryl methyl sites for hydroxylation is 1. The molecule has 2 heterocycles. The number of benzene rings is 1. The number of rotatable bonds is 5. The molecule has 0 aliphatic heterocycles. The number of thiophene rings is 1. The summed E-state index contributed by atoms with van der Waals surface area (Å²) in [6.07, 6.45) is 4.99. The molecule has 9 heteroatoms. The maximum Gasteiger partial charge on any atom is 0.341 e. The highest BCUT2D eigenvalue weighted by molar-refractivity contribution is 7.17. The van der Waals surface area contributed by atoms with Crippen LogP contribution < -0.4 is 5.32 Å².